The van der Waals surface area contributed by atoms with Gasteiger partial charge in [0.05, 0.1) is 7.11 Å². The van der Waals surface area contributed by atoms with Crippen LogP contribution < -0.4 is 10.1 Å². The first-order valence-corrected chi connectivity index (χ1v) is 8.55. The Bertz CT molecular complexity index is 378. The second-order valence-electron chi connectivity index (χ2n) is 6.19. The predicted molar refractivity (Wildman–Crippen MR) is 92.1 cm³/mol. The summed E-state index contributed by atoms with van der Waals surface area (Å²) in [5.41, 5.74) is 1.29. The minimum Gasteiger partial charge on any atom is -0.496 e. The smallest absolute Gasteiger partial charge is 0.122 e. The Kier molecular flexibility index (Phi) is 9.16. The van der Waals surface area contributed by atoms with E-state index in [1.807, 2.05) is 12.1 Å². The van der Waals surface area contributed by atoms with Crippen LogP contribution >= 0.6 is 0 Å². The summed E-state index contributed by atoms with van der Waals surface area (Å²) in [4.78, 5) is 0. The molecule has 0 aliphatic rings. The van der Waals surface area contributed by atoms with Gasteiger partial charge < -0.3 is 10.1 Å². The molecule has 0 fully saturated rings. The van der Waals surface area contributed by atoms with Crippen LogP contribution in [0.4, 0.5) is 0 Å². The fourth-order valence-electron chi connectivity index (χ4n) is 2.88. The van der Waals surface area contributed by atoms with E-state index in [0.717, 1.165) is 12.2 Å². The highest BCUT2D eigenvalue weighted by Crippen LogP contribution is 2.19. The van der Waals surface area contributed by atoms with Crippen LogP contribution in [-0.2, 0) is 6.42 Å². The molecule has 0 aliphatic carbocycles. The highest BCUT2D eigenvalue weighted by Gasteiger charge is 2.10. The first-order chi connectivity index (χ1) is 10.2. The van der Waals surface area contributed by atoms with Crippen molar-refractivity contribution in [2.24, 2.45) is 0 Å². The number of benzene rings is 1. The van der Waals surface area contributed by atoms with Crippen molar-refractivity contribution in [3.63, 3.8) is 0 Å². The molecule has 1 aromatic rings. The summed E-state index contributed by atoms with van der Waals surface area (Å²) < 4.78 is 5.43. The van der Waals surface area contributed by atoms with Crippen molar-refractivity contribution in [1.82, 2.24) is 5.32 Å². The summed E-state index contributed by atoms with van der Waals surface area (Å²) in [6.45, 7) is 6.84. The molecule has 2 nitrogen and oxygen atoms in total. The van der Waals surface area contributed by atoms with Crippen LogP contribution in [0.2, 0.25) is 0 Å². The summed E-state index contributed by atoms with van der Waals surface area (Å²) in [5.74, 6) is 0.998. The number of ether oxygens (including phenoxy) is 1. The Morgan fingerprint density at radius 1 is 1.00 bits per heavy atom. The van der Waals surface area contributed by atoms with Crippen molar-refractivity contribution in [3.05, 3.63) is 29.8 Å². The Morgan fingerprint density at radius 2 is 1.71 bits per heavy atom. The summed E-state index contributed by atoms with van der Waals surface area (Å²) in [6, 6.07) is 9.38. The standard InChI is InChI=1S/C19H33NO/c1-5-6-7-8-9-12-16(2)20-17(3)15-18-13-10-11-14-19(18)21-4/h10-11,13-14,16-17,20H,5-9,12,15H2,1-4H3. The van der Waals surface area contributed by atoms with Crippen LogP contribution in [0.3, 0.4) is 0 Å². The number of methoxy groups -OCH3 is 1. The SMILES string of the molecule is CCCCCCCC(C)NC(C)Cc1ccccc1OC. The van der Waals surface area contributed by atoms with Crippen LogP contribution in [0, 0.1) is 0 Å². The number of nitrogens with one attached hydrogen (secondary N) is 1. The Hall–Kier alpha value is -1.02. The molecule has 0 aliphatic heterocycles. The number of unbranched alkanes of at least 4 members (excludes halogenated alkanes) is 4. The van der Waals surface area contributed by atoms with Gasteiger partial charge in [-0.05, 0) is 38.3 Å². The molecular weight excluding hydrogens is 258 g/mol. The fourth-order valence-corrected chi connectivity index (χ4v) is 2.88. The lowest BCUT2D eigenvalue weighted by Gasteiger charge is -2.21. The largest absolute Gasteiger partial charge is 0.496 e. The molecule has 2 atom stereocenters. The van der Waals surface area contributed by atoms with Crippen LogP contribution in [0.15, 0.2) is 24.3 Å². The van der Waals surface area contributed by atoms with Gasteiger partial charge in [0.25, 0.3) is 0 Å². The van der Waals surface area contributed by atoms with Crippen molar-refractivity contribution in [2.45, 2.75) is 77.8 Å². The molecule has 1 N–H and O–H groups in total. The number of para-hydroxylation sites is 1. The molecule has 0 spiro atoms. The molecule has 0 aromatic heterocycles. The molecule has 0 amide bonds. The van der Waals surface area contributed by atoms with Gasteiger partial charge in [0.2, 0.25) is 0 Å². The van der Waals surface area contributed by atoms with Crippen molar-refractivity contribution in [2.75, 3.05) is 7.11 Å². The average molecular weight is 291 g/mol. The maximum absolute atomic E-state index is 5.43. The molecule has 0 saturated heterocycles. The third-order valence-electron chi connectivity index (χ3n) is 4.03. The van der Waals surface area contributed by atoms with Gasteiger partial charge in [-0.3, -0.25) is 0 Å². The van der Waals surface area contributed by atoms with Crippen LogP contribution in [0.1, 0.15) is 64.9 Å². The molecule has 0 saturated carbocycles. The second kappa shape index (κ2) is 10.7. The number of hydrogen-bond donors (Lipinski definition) is 1. The van der Waals surface area contributed by atoms with Gasteiger partial charge >= 0.3 is 0 Å². The fraction of sp³-hybridized carbons (Fsp3) is 0.684. The molecule has 21 heavy (non-hydrogen) atoms. The van der Waals surface area contributed by atoms with Gasteiger partial charge in [-0.2, -0.15) is 0 Å². The minimum atomic E-state index is 0.479. The van der Waals surface area contributed by atoms with E-state index < -0.39 is 0 Å². The summed E-state index contributed by atoms with van der Waals surface area (Å²) in [7, 11) is 1.75. The number of rotatable bonds is 11. The van der Waals surface area contributed by atoms with Crippen molar-refractivity contribution in [1.29, 1.82) is 0 Å². The molecule has 1 aromatic carbocycles. The predicted octanol–water partition coefficient (Wildman–Crippen LogP) is 4.96. The Morgan fingerprint density at radius 3 is 2.43 bits per heavy atom. The Balaban J connectivity index is 2.27. The molecule has 1 rings (SSSR count). The van der Waals surface area contributed by atoms with E-state index in [9.17, 15) is 0 Å². The first-order valence-electron chi connectivity index (χ1n) is 8.55. The van der Waals surface area contributed by atoms with E-state index in [0.29, 0.717) is 12.1 Å². The number of hydrogen-bond acceptors (Lipinski definition) is 2. The van der Waals surface area contributed by atoms with Gasteiger partial charge in [-0.15, -0.1) is 0 Å². The highest BCUT2D eigenvalue weighted by molar-refractivity contribution is 5.33. The van der Waals surface area contributed by atoms with Crippen molar-refractivity contribution >= 4 is 0 Å². The summed E-state index contributed by atoms with van der Waals surface area (Å²) in [6.07, 6.45) is 9.11. The lowest BCUT2D eigenvalue weighted by molar-refractivity contribution is 0.397. The topological polar surface area (TPSA) is 21.3 Å². The second-order valence-corrected chi connectivity index (χ2v) is 6.19. The van der Waals surface area contributed by atoms with Gasteiger partial charge in [-0.25, -0.2) is 0 Å². The van der Waals surface area contributed by atoms with Crippen LogP contribution in [0.25, 0.3) is 0 Å². The minimum absolute atomic E-state index is 0.479. The van der Waals surface area contributed by atoms with E-state index in [-0.39, 0.29) is 0 Å². The average Bonchev–Trinajstić information content (AvgIpc) is 2.47. The van der Waals surface area contributed by atoms with E-state index >= 15 is 0 Å². The Labute approximate surface area is 131 Å². The van der Waals surface area contributed by atoms with Crippen molar-refractivity contribution in [3.8, 4) is 5.75 Å². The molecular formula is C19H33NO. The zero-order valence-electron chi connectivity index (χ0n) is 14.3. The van der Waals surface area contributed by atoms with Crippen molar-refractivity contribution < 1.29 is 4.74 Å². The van der Waals surface area contributed by atoms with Gasteiger partial charge in [0, 0.05) is 12.1 Å². The maximum Gasteiger partial charge on any atom is 0.122 e. The van der Waals surface area contributed by atoms with Gasteiger partial charge in [-0.1, -0.05) is 57.2 Å². The lowest BCUT2D eigenvalue weighted by Crippen LogP contribution is -2.35. The van der Waals surface area contributed by atoms with Gasteiger partial charge in [0.15, 0.2) is 0 Å². The zero-order valence-corrected chi connectivity index (χ0v) is 14.3. The first kappa shape index (κ1) is 18.0. The van der Waals surface area contributed by atoms with Gasteiger partial charge in [0.1, 0.15) is 5.75 Å². The third-order valence-corrected chi connectivity index (χ3v) is 4.03. The maximum atomic E-state index is 5.43. The monoisotopic (exact) mass is 291 g/mol. The van der Waals surface area contributed by atoms with Crippen LogP contribution in [0.5, 0.6) is 5.75 Å². The van der Waals surface area contributed by atoms with E-state index in [2.05, 4.69) is 38.2 Å². The lowest BCUT2D eigenvalue weighted by atomic mass is 10.0. The normalized spacial score (nSPS) is 13.9. The molecule has 2 heteroatoms. The summed E-state index contributed by atoms with van der Waals surface area (Å²) >= 11 is 0. The zero-order chi connectivity index (χ0) is 15.5. The van der Waals surface area contributed by atoms with E-state index in [1.54, 1.807) is 7.11 Å². The quantitative estimate of drug-likeness (QED) is 0.581. The molecule has 0 bridgehead atoms. The van der Waals surface area contributed by atoms with E-state index in [1.165, 1.54) is 44.1 Å². The van der Waals surface area contributed by atoms with Crippen LogP contribution in [-0.4, -0.2) is 19.2 Å². The molecule has 2 unspecified atom stereocenters. The summed E-state index contributed by atoms with van der Waals surface area (Å²) in [5, 5.41) is 3.71. The third kappa shape index (κ3) is 7.52. The molecule has 0 radical (unpaired) electrons. The molecule has 0 heterocycles. The molecule has 120 valence electrons. The highest BCUT2D eigenvalue weighted by atomic mass is 16.5. The van der Waals surface area contributed by atoms with E-state index in [4.69, 9.17) is 4.74 Å².